The minimum absolute atomic E-state index is 0.00960. The molecule has 11 heteroatoms. The van der Waals surface area contributed by atoms with Crippen molar-refractivity contribution in [3.8, 4) is 5.75 Å². The van der Waals surface area contributed by atoms with E-state index in [1.54, 1.807) is 6.07 Å². The van der Waals surface area contributed by atoms with Crippen molar-refractivity contribution in [2.45, 2.75) is 23.9 Å². The molecule has 0 aliphatic heterocycles. The Labute approximate surface area is 189 Å². The number of carbonyl (C=O) groups is 1. The molecule has 0 aliphatic carbocycles. The third-order valence-corrected chi connectivity index (χ3v) is 6.92. The number of nitrogens with one attached hydrogen (secondary N) is 2. The Bertz CT molecular complexity index is 1010. The predicted octanol–water partition coefficient (Wildman–Crippen LogP) is 3.86. The highest BCUT2D eigenvalue weighted by Crippen LogP contribution is 2.25. The van der Waals surface area contributed by atoms with E-state index in [1.165, 1.54) is 49.2 Å². The minimum Gasteiger partial charge on any atom is -0.494 e. The number of rotatable bonds is 10. The molecule has 0 heterocycles. The molecule has 1 atom stereocenters. The summed E-state index contributed by atoms with van der Waals surface area (Å²) >= 11 is 13.4. The molecule has 2 aromatic carbocycles. The van der Waals surface area contributed by atoms with Crippen LogP contribution in [-0.2, 0) is 21.4 Å². The fourth-order valence-electron chi connectivity index (χ4n) is 2.55. The molecule has 0 aliphatic rings. The maximum absolute atomic E-state index is 13.8. The van der Waals surface area contributed by atoms with Gasteiger partial charge in [-0.2, -0.15) is 16.5 Å². The average molecular weight is 495 g/mol. The highest BCUT2D eigenvalue weighted by atomic mass is 35.5. The molecule has 0 aromatic heterocycles. The largest absolute Gasteiger partial charge is 0.494 e. The summed E-state index contributed by atoms with van der Waals surface area (Å²) in [5, 5.41) is 2.82. The van der Waals surface area contributed by atoms with Crippen LogP contribution in [0.15, 0.2) is 41.3 Å². The van der Waals surface area contributed by atoms with Crippen molar-refractivity contribution in [2.75, 3.05) is 19.1 Å². The third kappa shape index (κ3) is 6.75. The van der Waals surface area contributed by atoms with Crippen LogP contribution in [0.2, 0.25) is 10.0 Å². The van der Waals surface area contributed by atoms with Gasteiger partial charge in [-0.05, 0) is 54.3 Å². The molecule has 0 spiro atoms. The van der Waals surface area contributed by atoms with Crippen molar-refractivity contribution in [1.29, 1.82) is 0 Å². The summed E-state index contributed by atoms with van der Waals surface area (Å²) in [5.74, 6) is -0.461. The normalized spacial score (nSPS) is 12.4. The zero-order chi connectivity index (χ0) is 22.3. The zero-order valence-corrected chi connectivity index (χ0v) is 19.4. The Hall–Kier alpha value is -1.52. The van der Waals surface area contributed by atoms with Gasteiger partial charge in [0.05, 0.1) is 12.1 Å². The van der Waals surface area contributed by atoms with Crippen LogP contribution < -0.4 is 14.8 Å². The van der Waals surface area contributed by atoms with E-state index in [9.17, 15) is 17.6 Å². The maximum Gasteiger partial charge on any atom is 0.242 e. The molecule has 30 heavy (non-hydrogen) atoms. The highest BCUT2D eigenvalue weighted by molar-refractivity contribution is 7.98. The zero-order valence-electron chi connectivity index (χ0n) is 16.2. The quantitative estimate of drug-likeness (QED) is 0.523. The highest BCUT2D eigenvalue weighted by Gasteiger charge is 2.27. The van der Waals surface area contributed by atoms with E-state index in [2.05, 4.69) is 10.0 Å². The van der Waals surface area contributed by atoms with E-state index < -0.39 is 27.8 Å². The van der Waals surface area contributed by atoms with Gasteiger partial charge in [-0.3, -0.25) is 4.79 Å². The van der Waals surface area contributed by atoms with Gasteiger partial charge >= 0.3 is 0 Å². The lowest BCUT2D eigenvalue weighted by atomic mass is 10.2. The molecule has 0 fully saturated rings. The van der Waals surface area contributed by atoms with Crippen LogP contribution in [0.25, 0.3) is 0 Å². The maximum atomic E-state index is 13.8. The van der Waals surface area contributed by atoms with Crippen molar-refractivity contribution >= 4 is 50.9 Å². The van der Waals surface area contributed by atoms with Gasteiger partial charge in [0.2, 0.25) is 15.9 Å². The molecular weight excluding hydrogens is 474 g/mol. The molecule has 0 bridgehead atoms. The lowest BCUT2D eigenvalue weighted by Gasteiger charge is -2.19. The van der Waals surface area contributed by atoms with Crippen molar-refractivity contribution in [3.05, 3.63) is 57.8 Å². The van der Waals surface area contributed by atoms with E-state index in [4.69, 9.17) is 27.9 Å². The number of sulfonamides is 1. The van der Waals surface area contributed by atoms with E-state index in [1.807, 2.05) is 6.26 Å². The van der Waals surface area contributed by atoms with Crippen LogP contribution >= 0.6 is 35.0 Å². The molecule has 0 radical (unpaired) electrons. The Morgan fingerprint density at radius 1 is 1.23 bits per heavy atom. The van der Waals surface area contributed by atoms with Gasteiger partial charge in [-0.15, -0.1) is 0 Å². The van der Waals surface area contributed by atoms with Gasteiger partial charge in [0.25, 0.3) is 0 Å². The Morgan fingerprint density at radius 3 is 2.60 bits per heavy atom. The molecule has 0 saturated heterocycles. The fourth-order valence-corrected chi connectivity index (χ4v) is 5.01. The molecule has 2 N–H and O–H groups in total. The van der Waals surface area contributed by atoms with Crippen LogP contribution in [-0.4, -0.2) is 39.5 Å². The second-order valence-corrected chi connectivity index (χ2v) is 9.73. The van der Waals surface area contributed by atoms with Crippen LogP contribution in [0.4, 0.5) is 4.39 Å². The molecule has 1 amide bonds. The summed E-state index contributed by atoms with van der Waals surface area (Å²) in [5.41, 5.74) is 0.506. The number of hydrogen-bond acceptors (Lipinski definition) is 5. The molecule has 2 rings (SSSR count). The third-order valence-electron chi connectivity index (χ3n) is 4.09. The number of methoxy groups -OCH3 is 1. The minimum atomic E-state index is -4.10. The van der Waals surface area contributed by atoms with E-state index >= 15 is 0 Å². The standard InChI is InChI=1S/C19H21Cl2FN2O4S2/c1-28-17-6-3-12(9-15(17)22)11-23-19(25)16(7-8-29-2)24-30(26,27)18-10-13(20)4-5-14(18)21/h3-6,9-10,16,24H,7-8,11H2,1-2H3,(H,23,25). The lowest BCUT2D eigenvalue weighted by Crippen LogP contribution is -2.46. The summed E-state index contributed by atoms with van der Waals surface area (Å²) in [7, 11) is -2.74. The number of benzene rings is 2. The Morgan fingerprint density at radius 2 is 1.97 bits per heavy atom. The predicted molar refractivity (Wildman–Crippen MR) is 118 cm³/mol. The molecule has 6 nitrogen and oxygen atoms in total. The van der Waals surface area contributed by atoms with Gasteiger partial charge in [0, 0.05) is 11.6 Å². The number of amides is 1. The number of hydrogen-bond donors (Lipinski definition) is 2. The Kier molecular flexibility index (Phi) is 9.24. The summed E-state index contributed by atoms with van der Waals surface area (Å²) < 4.78 is 46.6. The first-order valence-electron chi connectivity index (χ1n) is 8.74. The summed E-state index contributed by atoms with van der Waals surface area (Å²) in [6.07, 6.45) is 2.10. The second-order valence-electron chi connectivity index (χ2n) is 6.22. The number of ether oxygens (including phenoxy) is 1. The summed E-state index contributed by atoms with van der Waals surface area (Å²) in [6.45, 7) is 0.0230. The summed E-state index contributed by atoms with van der Waals surface area (Å²) in [4.78, 5) is 12.5. The molecule has 1 unspecified atom stereocenters. The number of carbonyl (C=O) groups excluding carboxylic acids is 1. The Balaban J connectivity index is 2.15. The van der Waals surface area contributed by atoms with Gasteiger partial charge in [0.1, 0.15) is 10.9 Å². The molecule has 0 saturated carbocycles. The fraction of sp³-hybridized carbons (Fsp3) is 0.316. The van der Waals surface area contributed by atoms with Gasteiger partial charge < -0.3 is 10.1 Å². The van der Waals surface area contributed by atoms with Crippen molar-refractivity contribution in [1.82, 2.24) is 10.0 Å². The second kappa shape index (κ2) is 11.2. The van der Waals surface area contributed by atoms with Crippen LogP contribution in [0.3, 0.4) is 0 Å². The first-order valence-corrected chi connectivity index (χ1v) is 12.4. The van der Waals surface area contributed by atoms with Gasteiger partial charge in [-0.25, -0.2) is 12.8 Å². The topological polar surface area (TPSA) is 84.5 Å². The van der Waals surface area contributed by atoms with Crippen LogP contribution in [0.1, 0.15) is 12.0 Å². The molecule has 164 valence electrons. The smallest absolute Gasteiger partial charge is 0.242 e. The van der Waals surface area contributed by atoms with E-state index in [0.29, 0.717) is 11.3 Å². The SMILES string of the molecule is COc1ccc(CNC(=O)C(CCSC)NS(=O)(=O)c2cc(Cl)ccc2Cl)cc1F. The van der Waals surface area contributed by atoms with E-state index in [0.717, 1.165) is 0 Å². The average Bonchev–Trinajstić information content (AvgIpc) is 2.71. The van der Waals surface area contributed by atoms with Gasteiger partial charge in [0.15, 0.2) is 11.6 Å². The number of thioether (sulfide) groups is 1. The van der Waals surface area contributed by atoms with Crippen LogP contribution in [0, 0.1) is 5.82 Å². The van der Waals surface area contributed by atoms with Gasteiger partial charge in [-0.1, -0.05) is 29.3 Å². The first kappa shape index (κ1) is 24.7. The first-order chi connectivity index (χ1) is 14.2. The van der Waals surface area contributed by atoms with E-state index in [-0.39, 0.29) is 33.7 Å². The summed E-state index contributed by atoms with van der Waals surface area (Å²) in [6, 6.07) is 7.31. The van der Waals surface area contributed by atoms with Crippen LogP contribution in [0.5, 0.6) is 5.75 Å². The number of halogens is 3. The van der Waals surface area contributed by atoms with Crippen molar-refractivity contribution in [2.24, 2.45) is 0 Å². The molecular formula is C19H21Cl2FN2O4S2. The monoisotopic (exact) mass is 494 g/mol. The van der Waals surface area contributed by atoms with Crippen molar-refractivity contribution in [3.63, 3.8) is 0 Å². The van der Waals surface area contributed by atoms with Crippen molar-refractivity contribution < 1.29 is 22.3 Å². The molecule has 2 aromatic rings. The lowest BCUT2D eigenvalue weighted by molar-refractivity contribution is -0.122.